The van der Waals surface area contributed by atoms with Gasteiger partial charge in [-0.2, -0.15) is 0 Å². The first kappa shape index (κ1) is 15.8. The Bertz CT molecular complexity index is 461. The number of unbranched alkanes of at least 4 members (excludes halogenated alkanes) is 1. The Balaban J connectivity index is 1.66. The molecule has 21 heavy (non-hydrogen) atoms. The van der Waals surface area contributed by atoms with Gasteiger partial charge in [-0.05, 0) is 30.9 Å². The Morgan fingerprint density at radius 3 is 3.00 bits per heavy atom. The van der Waals surface area contributed by atoms with E-state index in [-0.39, 0.29) is 11.9 Å². The topological polar surface area (TPSA) is 58.4 Å². The van der Waals surface area contributed by atoms with Gasteiger partial charge in [0.15, 0.2) is 0 Å². The minimum Gasteiger partial charge on any atom is -0.371 e. The van der Waals surface area contributed by atoms with E-state index < -0.39 is 0 Å². The van der Waals surface area contributed by atoms with Gasteiger partial charge in [-0.15, -0.1) is 0 Å². The Labute approximate surface area is 127 Å². The van der Waals surface area contributed by atoms with Gasteiger partial charge in [0.2, 0.25) is 5.91 Å². The lowest BCUT2D eigenvalue weighted by Gasteiger charge is -2.19. The van der Waals surface area contributed by atoms with Crippen LogP contribution in [0.25, 0.3) is 0 Å². The van der Waals surface area contributed by atoms with Gasteiger partial charge >= 0.3 is 0 Å². The van der Waals surface area contributed by atoms with Crippen LogP contribution in [0.2, 0.25) is 0 Å². The number of para-hydroxylation sites is 1. The van der Waals surface area contributed by atoms with E-state index in [1.165, 1.54) is 11.3 Å². The molecule has 1 aromatic carbocycles. The number of nitrogens with zero attached hydrogens (tertiary/aromatic N) is 1. The number of carbonyl (C=O) groups excluding carboxylic acids is 1. The second kappa shape index (κ2) is 8.03. The fourth-order valence-electron chi connectivity index (χ4n) is 2.81. The molecule has 1 atom stereocenters. The summed E-state index contributed by atoms with van der Waals surface area (Å²) in [6.45, 7) is 4.89. The van der Waals surface area contributed by atoms with Crippen LogP contribution >= 0.6 is 0 Å². The molecule has 4 heteroatoms. The molecule has 0 fully saturated rings. The third-order valence-electron chi connectivity index (χ3n) is 4.09. The maximum absolute atomic E-state index is 11.8. The number of hydrogen-bond acceptors (Lipinski definition) is 3. The second-order valence-corrected chi connectivity index (χ2v) is 5.76. The third kappa shape index (κ3) is 4.46. The van der Waals surface area contributed by atoms with Crippen molar-refractivity contribution in [2.24, 2.45) is 5.73 Å². The van der Waals surface area contributed by atoms with Gasteiger partial charge in [-0.3, -0.25) is 4.79 Å². The maximum Gasteiger partial charge on any atom is 0.236 e. The third-order valence-corrected chi connectivity index (χ3v) is 4.09. The monoisotopic (exact) mass is 289 g/mol. The summed E-state index contributed by atoms with van der Waals surface area (Å²) in [5.74, 6) is -0.00901. The molecule has 0 spiro atoms. The zero-order valence-electron chi connectivity index (χ0n) is 13.0. The predicted molar refractivity (Wildman–Crippen MR) is 87.5 cm³/mol. The van der Waals surface area contributed by atoms with Crippen molar-refractivity contribution in [3.8, 4) is 0 Å². The predicted octanol–water partition coefficient (Wildman–Crippen LogP) is 2.07. The van der Waals surface area contributed by atoms with E-state index in [0.717, 1.165) is 45.2 Å². The number of rotatable bonds is 8. The molecule has 0 bridgehead atoms. The van der Waals surface area contributed by atoms with Gasteiger partial charge in [0.1, 0.15) is 0 Å². The van der Waals surface area contributed by atoms with E-state index in [4.69, 9.17) is 5.73 Å². The summed E-state index contributed by atoms with van der Waals surface area (Å²) in [6.07, 6.45) is 4.96. The van der Waals surface area contributed by atoms with E-state index in [1.54, 1.807) is 0 Å². The van der Waals surface area contributed by atoms with Crippen molar-refractivity contribution < 1.29 is 4.79 Å². The summed E-state index contributed by atoms with van der Waals surface area (Å²) in [7, 11) is 0. The van der Waals surface area contributed by atoms with Crippen LogP contribution in [-0.4, -0.2) is 31.6 Å². The number of anilines is 1. The lowest BCUT2D eigenvalue weighted by Crippen LogP contribution is -2.41. The van der Waals surface area contributed by atoms with Gasteiger partial charge in [-0.25, -0.2) is 0 Å². The van der Waals surface area contributed by atoms with Crippen LogP contribution in [0.1, 0.15) is 38.2 Å². The van der Waals surface area contributed by atoms with Crippen LogP contribution in [0.15, 0.2) is 24.3 Å². The maximum atomic E-state index is 11.8. The summed E-state index contributed by atoms with van der Waals surface area (Å²) >= 11 is 0. The molecule has 2 rings (SSSR count). The van der Waals surface area contributed by atoms with Crippen molar-refractivity contribution in [2.75, 3.05) is 24.5 Å². The summed E-state index contributed by atoms with van der Waals surface area (Å²) in [5.41, 5.74) is 8.63. The molecule has 116 valence electrons. The van der Waals surface area contributed by atoms with E-state index in [2.05, 4.69) is 41.4 Å². The number of benzene rings is 1. The van der Waals surface area contributed by atoms with E-state index in [1.807, 2.05) is 0 Å². The summed E-state index contributed by atoms with van der Waals surface area (Å²) in [4.78, 5) is 14.2. The average molecular weight is 289 g/mol. The van der Waals surface area contributed by atoms with Crippen LogP contribution in [-0.2, 0) is 11.2 Å². The van der Waals surface area contributed by atoms with Crippen LogP contribution in [0.4, 0.5) is 5.69 Å². The molecule has 1 aromatic rings. The highest BCUT2D eigenvalue weighted by Gasteiger charge is 2.17. The first-order valence-corrected chi connectivity index (χ1v) is 8.08. The molecule has 3 N–H and O–H groups in total. The molecular weight excluding hydrogens is 262 g/mol. The second-order valence-electron chi connectivity index (χ2n) is 5.76. The fraction of sp³-hybridized carbons (Fsp3) is 0.588. The van der Waals surface area contributed by atoms with Gasteiger partial charge in [0.25, 0.3) is 0 Å². The molecular formula is C17H27N3O. The smallest absolute Gasteiger partial charge is 0.236 e. The molecule has 1 heterocycles. The Morgan fingerprint density at radius 1 is 1.38 bits per heavy atom. The minimum absolute atomic E-state index is 0.00901. The largest absolute Gasteiger partial charge is 0.371 e. The Kier molecular flexibility index (Phi) is 6.05. The SMILES string of the molecule is CCCC[C@H](N)C(=O)NCCCN1CCc2ccccc21. The average Bonchev–Trinajstić information content (AvgIpc) is 2.92. The van der Waals surface area contributed by atoms with Crippen molar-refractivity contribution >= 4 is 11.6 Å². The lowest BCUT2D eigenvalue weighted by molar-refractivity contribution is -0.122. The van der Waals surface area contributed by atoms with Gasteiger partial charge < -0.3 is 16.0 Å². The minimum atomic E-state index is -0.350. The quantitative estimate of drug-likeness (QED) is 0.720. The summed E-state index contributed by atoms with van der Waals surface area (Å²) in [6, 6.07) is 8.22. The van der Waals surface area contributed by atoms with E-state index in [0.29, 0.717) is 6.54 Å². The molecule has 0 saturated heterocycles. The molecule has 4 nitrogen and oxygen atoms in total. The molecule has 1 aliphatic heterocycles. The molecule has 1 aliphatic rings. The molecule has 0 aliphatic carbocycles. The van der Waals surface area contributed by atoms with Gasteiger partial charge in [-0.1, -0.05) is 38.0 Å². The standard InChI is InChI=1S/C17H27N3O/c1-2-3-8-15(18)17(21)19-11-6-12-20-13-10-14-7-4-5-9-16(14)20/h4-5,7,9,15H,2-3,6,8,10-13,18H2,1H3,(H,19,21)/t15-/m0/s1. The normalized spacial score (nSPS) is 14.9. The number of carbonyl (C=O) groups is 1. The van der Waals surface area contributed by atoms with Crippen molar-refractivity contribution in [2.45, 2.75) is 45.1 Å². The van der Waals surface area contributed by atoms with Crippen molar-refractivity contribution in [1.29, 1.82) is 0 Å². The zero-order valence-corrected chi connectivity index (χ0v) is 13.0. The Morgan fingerprint density at radius 2 is 2.19 bits per heavy atom. The molecule has 0 radical (unpaired) electrons. The van der Waals surface area contributed by atoms with Crippen molar-refractivity contribution in [3.05, 3.63) is 29.8 Å². The molecule has 0 unspecified atom stereocenters. The van der Waals surface area contributed by atoms with Gasteiger partial charge in [0, 0.05) is 25.3 Å². The highest BCUT2D eigenvalue weighted by molar-refractivity contribution is 5.81. The summed E-state index contributed by atoms with van der Waals surface area (Å²) < 4.78 is 0. The number of amides is 1. The number of nitrogens with two attached hydrogens (primary N) is 1. The zero-order chi connectivity index (χ0) is 15.1. The number of fused-ring (bicyclic) bond motifs is 1. The molecule has 0 aromatic heterocycles. The first-order valence-electron chi connectivity index (χ1n) is 8.08. The first-order chi connectivity index (χ1) is 10.2. The summed E-state index contributed by atoms with van der Waals surface area (Å²) in [5, 5.41) is 2.95. The lowest BCUT2D eigenvalue weighted by atomic mass is 10.1. The van der Waals surface area contributed by atoms with E-state index >= 15 is 0 Å². The highest BCUT2D eigenvalue weighted by Crippen LogP contribution is 2.27. The molecule has 0 saturated carbocycles. The fourth-order valence-corrected chi connectivity index (χ4v) is 2.81. The van der Waals surface area contributed by atoms with Crippen LogP contribution < -0.4 is 16.0 Å². The number of hydrogen-bond donors (Lipinski definition) is 2. The van der Waals surface area contributed by atoms with Crippen LogP contribution in [0.3, 0.4) is 0 Å². The van der Waals surface area contributed by atoms with E-state index in [9.17, 15) is 4.79 Å². The van der Waals surface area contributed by atoms with Crippen LogP contribution in [0, 0.1) is 0 Å². The molecule has 1 amide bonds. The number of nitrogens with one attached hydrogen (secondary N) is 1. The van der Waals surface area contributed by atoms with Crippen LogP contribution in [0.5, 0.6) is 0 Å². The van der Waals surface area contributed by atoms with Gasteiger partial charge in [0.05, 0.1) is 6.04 Å². The highest BCUT2D eigenvalue weighted by atomic mass is 16.2. The Hall–Kier alpha value is -1.55. The van der Waals surface area contributed by atoms with Crippen molar-refractivity contribution in [3.63, 3.8) is 0 Å². The van der Waals surface area contributed by atoms with Crippen molar-refractivity contribution in [1.82, 2.24) is 5.32 Å².